The van der Waals surface area contributed by atoms with Gasteiger partial charge in [-0.2, -0.15) is 4.31 Å². The molecule has 8 heteroatoms. The molecule has 0 aromatic heterocycles. The fourth-order valence-electron chi connectivity index (χ4n) is 4.12. The fraction of sp³-hybridized carbons (Fsp3) is 0.650. The summed E-state index contributed by atoms with van der Waals surface area (Å²) in [5.74, 6) is -0.0305. The van der Waals surface area contributed by atoms with Crippen LogP contribution in [0.2, 0.25) is 0 Å². The number of ether oxygens (including phenoxy) is 1. The van der Waals surface area contributed by atoms with Crippen LogP contribution in [0.15, 0.2) is 17.0 Å². The lowest BCUT2D eigenvalue weighted by Crippen LogP contribution is -2.51. The van der Waals surface area contributed by atoms with Gasteiger partial charge in [0.05, 0.1) is 17.5 Å². The van der Waals surface area contributed by atoms with E-state index in [1.54, 1.807) is 4.31 Å². The quantitative estimate of drug-likeness (QED) is 0.764. The highest BCUT2D eigenvalue weighted by Crippen LogP contribution is 2.26. The van der Waals surface area contributed by atoms with E-state index >= 15 is 0 Å². The van der Waals surface area contributed by atoms with Crippen LogP contribution in [0.25, 0.3) is 0 Å². The summed E-state index contributed by atoms with van der Waals surface area (Å²) in [5, 5.41) is 2.92. The molecule has 1 aromatic rings. The van der Waals surface area contributed by atoms with Crippen molar-refractivity contribution in [3.63, 3.8) is 0 Å². The first-order chi connectivity index (χ1) is 13.3. The molecule has 2 aliphatic rings. The number of amides is 1. The Labute approximate surface area is 168 Å². The number of benzene rings is 1. The van der Waals surface area contributed by atoms with Gasteiger partial charge in [-0.25, -0.2) is 8.42 Å². The summed E-state index contributed by atoms with van der Waals surface area (Å²) in [6.45, 7) is 9.19. The third kappa shape index (κ3) is 4.92. The number of nitrogens with zero attached hydrogens (tertiary/aromatic N) is 2. The van der Waals surface area contributed by atoms with Gasteiger partial charge in [-0.1, -0.05) is 17.7 Å². The van der Waals surface area contributed by atoms with E-state index in [0.717, 1.165) is 36.1 Å². The Morgan fingerprint density at radius 2 is 1.79 bits per heavy atom. The van der Waals surface area contributed by atoms with Crippen molar-refractivity contribution in [2.24, 2.45) is 0 Å². The van der Waals surface area contributed by atoms with E-state index in [2.05, 4.69) is 5.32 Å². The summed E-state index contributed by atoms with van der Waals surface area (Å²) in [6, 6.07) is 3.82. The van der Waals surface area contributed by atoms with Crippen LogP contribution < -0.4 is 5.32 Å². The minimum absolute atomic E-state index is 0.0305. The molecule has 1 atom stereocenters. The summed E-state index contributed by atoms with van der Waals surface area (Å²) < 4.78 is 33.3. The lowest BCUT2D eigenvalue weighted by Gasteiger charge is -2.34. The molecule has 2 saturated heterocycles. The van der Waals surface area contributed by atoms with E-state index in [1.165, 1.54) is 0 Å². The van der Waals surface area contributed by atoms with Gasteiger partial charge in [0.1, 0.15) is 0 Å². The highest BCUT2D eigenvalue weighted by atomic mass is 32.2. The molecule has 2 heterocycles. The Morgan fingerprint density at radius 3 is 2.36 bits per heavy atom. The van der Waals surface area contributed by atoms with Gasteiger partial charge in [-0.05, 0) is 44.7 Å². The molecule has 3 rings (SSSR count). The molecule has 28 heavy (non-hydrogen) atoms. The predicted octanol–water partition coefficient (Wildman–Crippen LogP) is 1.21. The van der Waals surface area contributed by atoms with Crippen molar-refractivity contribution >= 4 is 15.9 Å². The highest BCUT2D eigenvalue weighted by molar-refractivity contribution is 7.89. The Balaban J connectivity index is 1.54. The molecule has 2 fully saturated rings. The van der Waals surface area contributed by atoms with Gasteiger partial charge in [0.15, 0.2) is 0 Å². The number of hydrogen-bond donors (Lipinski definition) is 1. The Kier molecular flexibility index (Phi) is 6.75. The number of hydrogen-bond acceptors (Lipinski definition) is 5. The molecule has 1 N–H and O–H groups in total. The second kappa shape index (κ2) is 8.90. The van der Waals surface area contributed by atoms with Crippen LogP contribution in [0.4, 0.5) is 0 Å². The van der Waals surface area contributed by atoms with Crippen LogP contribution in [0.1, 0.15) is 29.5 Å². The molecule has 0 spiro atoms. The van der Waals surface area contributed by atoms with Crippen molar-refractivity contribution in [2.45, 2.75) is 44.6 Å². The lowest BCUT2D eigenvalue weighted by atomic mass is 10.1. The summed E-state index contributed by atoms with van der Waals surface area (Å²) in [6.07, 6.45) is 2.18. The number of aryl methyl sites for hydroxylation is 3. The van der Waals surface area contributed by atoms with Crippen molar-refractivity contribution in [3.8, 4) is 0 Å². The van der Waals surface area contributed by atoms with Gasteiger partial charge in [0, 0.05) is 39.3 Å². The van der Waals surface area contributed by atoms with Gasteiger partial charge in [0.25, 0.3) is 0 Å². The molecule has 156 valence electrons. The number of sulfonamides is 1. The van der Waals surface area contributed by atoms with Gasteiger partial charge in [-0.3, -0.25) is 9.69 Å². The monoisotopic (exact) mass is 409 g/mol. The minimum Gasteiger partial charge on any atom is -0.376 e. The zero-order valence-corrected chi connectivity index (χ0v) is 17.8. The predicted molar refractivity (Wildman–Crippen MR) is 108 cm³/mol. The molecule has 0 radical (unpaired) electrons. The van der Waals surface area contributed by atoms with E-state index in [4.69, 9.17) is 4.74 Å². The van der Waals surface area contributed by atoms with E-state index in [-0.39, 0.29) is 12.0 Å². The van der Waals surface area contributed by atoms with Crippen molar-refractivity contribution in [1.82, 2.24) is 14.5 Å². The van der Waals surface area contributed by atoms with Gasteiger partial charge >= 0.3 is 0 Å². The molecule has 7 nitrogen and oxygen atoms in total. The number of rotatable bonds is 6. The van der Waals surface area contributed by atoms with Gasteiger partial charge in [0.2, 0.25) is 15.9 Å². The standard InChI is InChI=1S/C20H31N3O4S/c1-15-11-16(2)20(17(3)12-15)28(25,26)23-8-6-22(7-9-23)14-19(24)21-13-18-5-4-10-27-18/h11-12,18H,4-10,13-14H2,1-3H3,(H,21,24)/t18-/m1/s1. The first-order valence-electron chi connectivity index (χ1n) is 9.96. The Hall–Kier alpha value is -1.48. The zero-order valence-electron chi connectivity index (χ0n) is 17.0. The average molecular weight is 410 g/mol. The smallest absolute Gasteiger partial charge is 0.243 e. The number of nitrogens with one attached hydrogen (secondary N) is 1. The summed E-state index contributed by atoms with van der Waals surface area (Å²) in [5.41, 5.74) is 2.63. The number of carbonyl (C=O) groups excluding carboxylic acids is 1. The Bertz CT molecular complexity index is 788. The first-order valence-corrected chi connectivity index (χ1v) is 11.4. The molecule has 1 amide bonds. The maximum Gasteiger partial charge on any atom is 0.243 e. The molecule has 0 aliphatic carbocycles. The van der Waals surface area contributed by atoms with Crippen molar-refractivity contribution in [1.29, 1.82) is 0 Å². The van der Waals surface area contributed by atoms with Crippen LogP contribution >= 0.6 is 0 Å². The number of carbonyl (C=O) groups is 1. The third-order valence-corrected chi connectivity index (χ3v) is 7.66. The molecular weight excluding hydrogens is 378 g/mol. The summed E-state index contributed by atoms with van der Waals surface area (Å²) >= 11 is 0. The van der Waals surface area contributed by atoms with E-state index in [1.807, 2.05) is 37.8 Å². The molecule has 0 unspecified atom stereocenters. The molecule has 0 saturated carbocycles. The molecular formula is C20H31N3O4S. The van der Waals surface area contributed by atoms with Crippen LogP contribution in [-0.4, -0.2) is 75.5 Å². The molecule has 2 aliphatic heterocycles. The second-order valence-corrected chi connectivity index (χ2v) is 9.72. The second-order valence-electron chi connectivity index (χ2n) is 7.85. The summed E-state index contributed by atoms with van der Waals surface area (Å²) in [7, 11) is -3.52. The van der Waals surface area contributed by atoms with Crippen molar-refractivity contribution in [2.75, 3.05) is 45.9 Å². The lowest BCUT2D eigenvalue weighted by molar-refractivity contribution is -0.123. The van der Waals surface area contributed by atoms with Crippen molar-refractivity contribution < 1.29 is 17.9 Å². The topological polar surface area (TPSA) is 79.0 Å². The molecule has 0 bridgehead atoms. The third-order valence-electron chi connectivity index (χ3n) is 5.45. The average Bonchev–Trinajstić information content (AvgIpc) is 3.13. The van der Waals surface area contributed by atoms with E-state index in [9.17, 15) is 13.2 Å². The largest absolute Gasteiger partial charge is 0.376 e. The van der Waals surface area contributed by atoms with E-state index < -0.39 is 10.0 Å². The highest BCUT2D eigenvalue weighted by Gasteiger charge is 2.31. The van der Waals surface area contributed by atoms with Crippen LogP contribution in [0, 0.1) is 20.8 Å². The number of piperazine rings is 1. The Morgan fingerprint density at radius 1 is 1.14 bits per heavy atom. The van der Waals surface area contributed by atoms with Crippen LogP contribution in [0.3, 0.4) is 0 Å². The normalized spacial score (nSPS) is 21.8. The SMILES string of the molecule is Cc1cc(C)c(S(=O)(=O)N2CCN(CC(=O)NC[C@H]3CCCO3)CC2)c(C)c1. The first kappa shape index (κ1) is 21.2. The van der Waals surface area contributed by atoms with Crippen LogP contribution in [0.5, 0.6) is 0 Å². The van der Waals surface area contributed by atoms with Gasteiger partial charge in [-0.15, -0.1) is 0 Å². The molecule has 1 aromatic carbocycles. The van der Waals surface area contributed by atoms with Crippen molar-refractivity contribution in [3.05, 3.63) is 28.8 Å². The zero-order chi connectivity index (χ0) is 20.3. The van der Waals surface area contributed by atoms with Gasteiger partial charge < -0.3 is 10.1 Å². The fourth-order valence-corrected chi connectivity index (χ4v) is 5.96. The summed E-state index contributed by atoms with van der Waals surface area (Å²) in [4.78, 5) is 14.6. The maximum atomic E-state index is 13.1. The maximum absolute atomic E-state index is 13.1. The van der Waals surface area contributed by atoms with Crippen LogP contribution in [-0.2, 0) is 19.6 Å². The minimum atomic E-state index is -3.52. The van der Waals surface area contributed by atoms with E-state index in [0.29, 0.717) is 44.2 Å².